The van der Waals surface area contributed by atoms with Crippen LogP contribution < -0.4 is 5.32 Å². The molecule has 1 saturated carbocycles. The van der Waals surface area contributed by atoms with E-state index in [9.17, 15) is 9.59 Å². The van der Waals surface area contributed by atoms with E-state index in [1.165, 1.54) is 12.8 Å². The number of carbonyl (C=O) groups is 2. The van der Waals surface area contributed by atoms with Gasteiger partial charge in [0, 0.05) is 18.5 Å². The Kier molecular flexibility index (Phi) is 4.97. The Morgan fingerprint density at radius 2 is 1.95 bits per heavy atom. The number of hydrogen-bond donors (Lipinski definition) is 1. The minimum absolute atomic E-state index is 0.108. The average Bonchev–Trinajstić information content (AvgIpc) is 3.15. The molecule has 2 fully saturated rings. The molecule has 1 aliphatic carbocycles. The number of nitrogens with one attached hydrogen (secondary N) is 1. The summed E-state index contributed by atoms with van der Waals surface area (Å²) in [5.74, 6) is 0.365. The smallest absolute Gasteiger partial charge is 0.237 e. The quantitative estimate of drug-likeness (QED) is 0.826. The maximum absolute atomic E-state index is 12.2. The minimum Gasteiger partial charge on any atom is -0.352 e. The van der Waals surface area contributed by atoms with Gasteiger partial charge in [-0.1, -0.05) is 12.8 Å². The maximum atomic E-state index is 12.2. The van der Waals surface area contributed by atoms with E-state index in [1.54, 1.807) is 6.92 Å². The van der Waals surface area contributed by atoms with Crippen molar-refractivity contribution >= 4 is 11.7 Å². The highest BCUT2D eigenvalue weighted by Crippen LogP contribution is 2.23. The van der Waals surface area contributed by atoms with Gasteiger partial charge < -0.3 is 5.32 Å². The number of likely N-dealkylation sites (tertiary alicyclic amines) is 1. The molecular weight excluding hydrogens is 240 g/mol. The third-order valence-corrected chi connectivity index (χ3v) is 4.25. The molecular formula is C15H26N2O2. The Labute approximate surface area is 115 Å². The number of amides is 1. The van der Waals surface area contributed by atoms with Crippen molar-refractivity contribution < 1.29 is 9.59 Å². The molecule has 0 radical (unpaired) electrons. The van der Waals surface area contributed by atoms with Crippen LogP contribution in [0.25, 0.3) is 0 Å². The van der Waals surface area contributed by atoms with Crippen LogP contribution in [0.15, 0.2) is 0 Å². The first-order valence-corrected chi connectivity index (χ1v) is 7.63. The molecule has 19 heavy (non-hydrogen) atoms. The first-order chi connectivity index (χ1) is 9.08. The minimum atomic E-state index is -0.108. The summed E-state index contributed by atoms with van der Waals surface area (Å²) in [6, 6.07) is 0.552. The highest BCUT2D eigenvalue weighted by atomic mass is 16.2. The molecule has 108 valence electrons. The molecule has 2 unspecified atom stereocenters. The van der Waals surface area contributed by atoms with Crippen molar-refractivity contribution in [3.8, 4) is 0 Å². The topological polar surface area (TPSA) is 49.4 Å². The van der Waals surface area contributed by atoms with Crippen LogP contribution in [-0.2, 0) is 9.59 Å². The predicted molar refractivity (Wildman–Crippen MR) is 74.9 cm³/mol. The van der Waals surface area contributed by atoms with E-state index in [-0.39, 0.29) is 23.8 Å². The van der Waals surface area contributed by atoms with Crippen LogP contribution in [0.1, 0.15) is 58.8 Å². The van der Waals surface area contributed by atoms with Crippen LogP contribution in [0, 0.1) is 0 Å². The molecule has 1 saturated heterocycles. The van der Waals surface area contributed by atoms with Gasteiger partial charge in [-0.15, -0.1) is 0 Å². The predicted octanol–water partition coefficient (Wildman–Crippen LogP) is 1.88. The Bertz CT molecular complexity index is 339. The normalized spacial score (nSPS) is 26.5. The van der Waals surface area contributed by atoms with Gasteiger partial charge in [0.25, 0.3) is 0 Å². The lowest BCUT2D eigenvalue weighted by Gasteiger charge is -2.34. The van der Waals surface area contributed by atoms with Gasteiger partial charge in [0.15, 0.2) is 0 Å². The zero-order chi connectivity index (χ0) is 13.8. The SMILES string of the molecule is CC(=O)CC1CCCCCN1C(C)C(=O)NC1CC1. The fourth-order valence-corrected chi connectivity index (χ4v) is 2.96. The lowest BCUT2D eigenvalue weighted by molar-refractivity contribution is -0.128. The molecule has 0 aromatic carbocycles. The lowest BCUT2D eigenvalue weighted by Crippen LogP contribution is -2.50. The second-order valence-electron chi connectivity index (χ2n) is 6.11. The van der Waals surface area contributed by atoms with Gasteiger partial charge in [0.2, 0.25) is 5.91 Å². The molecule has 0 bridgehead atoms. The molecule has 2 atom stereocenters. The van der Waals surface area contributed by atoms with Gasteiger partial charge in [-0.3, -0.25) is 14.5 Å². The summed E-state index contributed by atoms with van der Waals surface area (Å²) in [5, 5.41) is 3.08. The van der Waals surface area contributed by atoms with Crippen LogP contribution in [0.2, 0.25) is 0 Å². The third kappa shape index (κ3) is 4.30. The molecule has 1 amide bonds. The monoisotopic (exact) mass is 266 g/mol. The highest BCUT2D eigenvalue weighted by molar-refractivity contribution is 5.82. The van der Waals surface area contributed by atoms with Crippen LogP contribution in [0.3, 0.4) is 0 Å². The highest BCUT2D eigenvalue weighted by Gasteiger charge is 2.32. The number of nitrogens with zero attached hydrogens (tertiary/aromatic N) is 1. The number of rotatable bonds is 5. The lowest BCUT2D eigenvalue weighted by atomic mass is 10.0. The van der Waals surface area contributed by atoms with Crippen molar-refractivity contribution in [3.63, 3.8) is 0 Å². The molecule has 2 aliphatic rings. The molecule has 0 spiro atoms. The second kappa shape index (κ2) is 6.51. The summed E-state index contributed by atoms with van der Waals surface area (Å²) in [5.41, 5.74) is 0. The van der Waals surface area contributed by atoms with E-state index in [1.807, 2.05) is 6.92 Å². The zero-order valence-corrected chi connectivity index (χ0v) is 12.2. The first kappa shape index (κ1) is 14.5. The first-order valence-electron chi connectivity index (χ1n) is 7.63. The molecule has 4 heteroatoms. The van der Waals surface area contributed by atoms with Crippen LogP contribution in [0.5, 0.6) is 0 Å². The van der Waals surface area contributed by atoms with E-state index in [0.717, 1.165) is 32.2 Å². The van der Waals surface area contributed by atoms with Crippen LogP contribution in [0.4, 0.5) is 0 Å². The largest absolute Gasteiger partial charge is 0.352 e. The molecule has 4 nitrogen and oxygen atoms in total. The molecule has 2 rings (SSSR count). The van der Waals surface area contributed by atoms with Crippen molar-refractivity contribution in [1.29, 1.82) is 0 Å². The summed E-state index contributed by atoms with van der Waals surface area (Å²) in [6.07, 6.45) is 7.38. The number of Topliss-reactive ketones (excluding diaryl/α,β-unsaturated/α-hetero) is 1. The fourth-order valence-electron chi connectivity index (χ4n) is 2.96. The molecule has 1 N–H and O–H groups in total. The second-order valence-corrected chi connectivity index (χ2v) is 6.11. The van der Waals surface area contributed by atoms with Gasteiger partial charge in [0.1, 0.15) is 5.78 Å². The molecule has 1 heterocycles. The van der Waals surface area contributed by atoms with E-state index in [4.69, 9.17) is 0 Å². The van der Waals surface area contributed by atoms with Gasteiger partial charge in [-0.25, -0.2) is 0 Å². The fraction of sp³-hybridized carbons (Fsp3) is 0.867. The van der Waals surface area contributed by atoms with Crippen LogP contribution in [-0.4, -0.2) is 41.3 Å². The van der Waals surface area contributed by atoms with E-state index < -0.39 is 0 Å². The van der Waals surface area contributed by atoms with Gasteiger partial charge in [-0.05, 0) is 46.1 Å². The summed E-state index contributed by atoms with van der Waals surface area (Å²) < 4.78 is 0. The van der Waals surface area contributed by atoms with E-state index in [0.29, 0.717) is 12.5 Å². The van der Waals surface area contributed by atoms with Crippen LogP contribution >= 0.6 is 0 Å². The van der Waals surface area contributed by atoms with Crippen molar-refractivity contribution in [1.82, 2.24) is 10.2 Å². The number of hydrogen-bond acceptors (Lipinski definition) is 3. The molecule has 1 aliphatic heterocycles. The van der Waals surface area contributed by atoms with Crippen molar-refractivity contribution in [3.05, 3.63) is 0 Å². The van der Waals surface area contributed by atoms with Crippen molar-refractivity contribution in [2.45, 2.75) is 76.9 Å². The Morgan fingerprint density at radius 1 is 1.21 bits per heavy atom. The summed E-state index contributed by atoms with van der Waals surface area (Å²) in [7, 11) is 0. The van der Waals surface area contributed by atoms with Crippen molar-refractivity contribution in [2.24, 2.45) is 0 Å². The van der Waals surface area contributed by atoms with E-state index >= 15 is 0 Å². The summed E-state index contributed by atoms with van der Waals surface area (Å²) in [4.78, 5) is 25.9. The van der Waals surface area contributed by atoms with Crippen molar-refractivity contribution in [2.75, 3.05) is 6.54 Å². The molecule has 0 aromatic heterocycles. The average molecular weight is 266 g/mol. The Balaban J connectivity index is 1.98. The van der Waals surface area contributed by atoms with Gasteiger partial charge in [0.05, 0.1) is 6.04 Å². The van der Waals surface area contributed by atoms with E-state index in [2.05, 4.69) is 10.2 Å². The number of ketones is 1. The summed E-state index contributed by atoms with van der Waals surface area (Å²) in [6.45, 7) is 4.57. The Hall–Kier alpha value is -0.900. The maximum Gasteiger partial charge on any atom is 0.237 e. The van der Waals surface area contributed by atoms with Gasteiger partial charge in [-0.2, -0.15) is 0 Å². The zero-order valence-electron chi connectivity index (χ0n) is 12.2. The Morgan fingerprint density at radius 3 is 2.58 bits per heavy atom. The standard InChI is InChI=1S/C15H26N2O2/c1-11(18)10-14-6-4-3-5-9-17(14)12(2)15(19)16-13-7-8-13/h12-14H,3-10H2,1-2H3,(H,16,19). The number of carbonyl (C=O) groups excluding carboxylic acids is 2. The third-order valence-electron chi connectivity index (χ3n) is 4.25. The van der Waals surface area contributed by atoms with Gasteiger partial charge >= 0.3 is 0 Å². The summed E-state index contributed by atoms with van der Waals surface area (Å²) >= 11 is 0. The molecule has 0 aromatic rings.